The molecule has 1 amide bonds. The van der Waals surface area contributed by atoms with Gasteiger partial charge in [-0.1, -0.05) is 54.6 Å². The molecule has 0 bridgehead atoms. The minimum absolute atomic E-state index is 0.313. The van der Waals surface area contributed by atoms with Crippen LogP contribution in [0.5, 0.6) is 0 Å². The number of benzene rings is 1. The maximum atomic E-state index is 12.8. The number of rotatable bonds is 10. The van der Waals surface area contributed by atoms with E-state index in [4.69, 9.17) is 14.6 Å². The minimum Gasteiger partial charge on any atom is -0.478 e. The molecule has 1 aliphatic rings. The molecule has 0 unspecified atom stereocenters. The first-order chi connectivity index (χ1) is 13.8. The number of carbonyl (C=O) groups excluding carboxylic acids is 2. The van der Waals surface area contributed by atoms with E-state index in [1.165, 1.54) is 13.0 Å². The number of hydrogen-bond donors (Lipinski definition) is 2. The first-order valence-electron chi connectivity index (χ1n) is 9.20. The van der Waals surface area contributed by atoms with E-state index >= 15 is 0 Å². The largest absolute Gasteiger partial charge is 0.478 e. The smallest absolute Gasteiger partial charge is 0.329 e. The number of carboxylic acids is 1. The number of aliphatic carboxylic acids is 1. The molecule has 3 atom stereocenters. The predicted octanol–water partition coefficient (Wildman–Crippen LogP) is 2.19. The van der Waals surface area contributed by atoms with E-state index < -0.39 is 29.7 Å². The average molecular weight is 399 g/mol. The Morgan fingerprint density at radius 1 is 1.21 bits per heavy atom. The molecule has 1 heterocycles. The summed E-state index contributed by atoms with van der Waals surface area (Å²) in [6.07, 6.45) is 8.56. The number of epoxide rings is 1. The van der Waals surface area contributed by atoms with Gasteiger partial charge in [-0.05, 0) is 18.6 Å². The fourth-order valence-corrected chi connectivity index (χ4v) is 2.57. The third-order valence-corrected chi connectivity index (χ3v) is 4.25. The lowest BCUT2D eigenvalue weighted by atomic mass is 10.0. The molecule has 0 radical (unpaired) electrons. The summed E-state index contributed by atoms with van der Waals surface area (Å²) < 4.78 is 11.1. The highest BCUT2D eigenvalue weighted by Gasteiger charge is 2.48. The van der Waals surface area contributed by atoms with Crippen molar-refractivity contribution in [2.45, 2.75) is 38.0 Å². The van der Waals surface area contributed by atoms with E-state index in [9.17, 15) is 14.4 Å². The maximum absolute atomic E-state index is 12.8. The van der Waals surface area contributed by atoms with Gasteiger partial charge in [0.05, 0.1) is 6.61 Å². The standard InChI is InChI=1S/C22H25NO6/c1-16(24)23-18(14-17-10-6-5-7-11-17)21(27)29-19(22(2)15-28-22)12-8-3-4-9-13-20(25)26/h3-13,18-19H,14-15H2,1-2H3,(H,23,24)(H,25,26)/b4-3+,12-8+,13-9+/t18-,19+,22-/m0/s1. The van der Waals surface area contributed by atoms with Crippen molar-refractivity contribution in [1.82, 2.24) is 5.32 Å². The van der Waals surface area contributed by atoms with Gasteiger partial charge in [0.1, 0.15) is 11.6 Å². The van der Waals surface area contributed by atoms with E-state index in [2.05, 4.69) is 5.32 Å². The van der Waals surface area contributed by atoms with Gasteiger partial charge in [-0.15, -0.1) is 0 Å². The summed E-state index contributed by atoms with van der Waals surface area (Å²) in [7, 11) is 0. The van der Waals surface area contributed by atoms with Gasteiger partial charge in [0.25, 0.3) is 0 Å². The Labute approximate surface area is 169 Å². The normalized spacial score (nSPS) is 20.6. The van der Waals surface area contributed by atoms with Crippen LogP contribution in [0.1, 0.15) is 19.4 Å². The van der Waals surface area contributed by atoms with Crippen molar-refractivity contribution in [1.29, 1.82) is 0 Å². The molecule has 7 nitrogen and oxygen atoms in total. The molecule has 2 rings (SSSR count). The summed E-state index contributed by atoms with van der Waals surface area (Å²) >= 11 is 0. The highest BCUT2D eigenvalue weighted by molar-refractivity contribution is 5.83. The van der Waals surface area contributed by atoms with Crippen molar-refractivity contribution in [2.24, 2.45) is 0 Å². The summed E-state index contributed by atoms with van der Waals surface area (Å²) in [6, 6.07) is 8.53. The zero-order valence-corrected chi connectivity index (χ0v) is 16.4. The molecule has 1 aliphatic heterocycles. The summed E-state index contributed by atoms with van der Waals surface area (Å²) in [5, 5.41) is 11.2. The lowest BCUT2D eigenvalue weighted by Gasteiger charge is -2.22. The van der Waals surface area contributed by atoms with Gasteiger partial charge in [-0.2, -0.15) is 0 Å². The third kappa shape index (κ3) is 7.75. The lowest BCUT2D eigenvalue weighted by molar-refractivity contribution is -0.153. The second-order valence-corrected chi connectivity index (χ2v) is 6.87. The monoisotopic (exact) mass is 399 g/mol. The van der Waals surface area contributed by atoms with Crippen LogP contribution >= 0.6 is 0 Å². The molecule has 0 aromatic heterocycles. The van der Waals surface area contributed by atoms with Crippen LogP contribution in [-0.2, 0) is 30.3 Å². The van der Waals surface area contributed by atoms with E-state index in [1.54, 1.807) is 24.3 Å². The fraction of sp³-hybridized carbons (Fsp3) is 0.318. The Morgan fingerprint density at radius 2 is 1.86 bits per heavy atom. The Morgan fingerprint density at radius 3 is 2.45 bits per heavy atom. The minimum atomic E-state index is -1.04. The van der Waals surface area contributed by atoms with Crippen molar-refractivity contribution in [3.8, 4) is 0 Å². The molecular formula is C22H25NO6. The zero-order chi connectivity index (χ0) is 21.3. The van der Waals surface area contributed by atoms with Crippen LogP contribution in [0, 0.1) is 0 Å². The van der Waals surface area contributed by atoms with Gasteiger partial charge in [0, 0.05) is 19.4 Å². The van der Waals surface area contributed by atoms with Crippen LogP contribution < -0.4 is 5.32 Å². The first kappa shape index (κ1) is 22.1. The van der Waals surface area contributed by atoms with Crippen molar-refractivity contribution >= 4 is 17.8 Å². The number of esters is 1. The SMILES string of the molecule is CC(=O)N[C@@H](Cc1ccccc1)C(=O)O[C@H](/C=C/C=C/C=C/C(=O)O)[C@]1(C)CO1. The molecule has 1 aromatic carbocycles. The topological polar surface area (TPSA) is 105 Å². The summed E-state index contributed by atoms with van der Waals surface area (Å²) in [4.78, 5) is 34.7. The van der Waals surface area contributed by atoms with Gasteiger partial charge in [0.2, 0.25) is 5.91 Å². The summed E-state index contributed by atoms with van der Waals surface area (Å²) in [5.41, 5.74) is 0.280. The van der Waals surface area contributed by atoms with Crippen molar-refractivity contribution < 1.29 is 29.0 Å². The fourth-order valence-electron chi connectivity index (χ4n) is 2.57. The van der Waals surface area contributed by atoms with Crippen LogP contribution in [0.25, 0.3) is 0 Å². The quantitative estimate of drug-likeness (QED) is 0.270. The summed E-state index contributed by atoms with van der Waals surface area (Å²) in [6.45, 7) is 3.62. The number of nitrogens with one attached hydrogen (secondary N) is 1. The molecular weight excluding hydrogens is 374 g/mol. The molecule has 29 heavy (non-hydrogen) atoms. The van der Waals surface area contributed by atoms with Crippen molar-refractivity contribution in [3.63, 3.8) is 0 Å². The molecule has 0 aliphatic carbocycles. The molecule has 7 heteroatoms. The van der Waals surface area contributed by atoms with Crippen LogP contribution in [-0.4, -0.2) is 47.3 Å². The lowest BCUT2D eigenvalue weighted by Crippen LogP contribution is -2.45. The molecule has 1 saturated heterocycles. The van der Waals surface area contributed by atoms with Crippen LogP contribution in [0.2, 0.25) is 0 Å². The average Bonchev–Trinajstić information content (AvgIpc) is 3.41. The van der Waals surface area contributed by atoms with Gasteiger partial charge in [-0.3, -0.25) is 4.79 Å². The third-order valence-electron chi connectivity index (χ3n) is 4.25. The van der Waals surface area contributed by atoms with E-state index in [0.29, 0.717) is 13.0 Å². The second-order valence-electron chi connectivity index (χ2n) is 6.87. The number of ether oxygens (including phenoxy) is 2. The van der Waals surface area contributed by atoms with E-state index in [0.717, 1.165) is 11.6 Å². The second kappa shape index (κ2) is 10.4. The van der Waals surface area contributed by atoms with Crippen LogP contribution in [0.3, 0.4) is 0 Å². The number of amides is 1. The highest BCUT2D eigenvalue weighted by Crippen LogP contribution is 2.33. The Kier molecular flexibility index (Phi) is 7.91. The first-order valence-corrected chi connectivity index (χ1v) is 9.20. The van der Waals surface area contributed by atoms with E-state index in [1.807, 2.05) is 37.3 Å². The van der Waals surface area contributed by atoms with Crippen molar-refractivity contribution in [2.75, 3.05) is 6.61 Å². The molecule has 0 spiro atoms. The van der Waals surface area contributed by atoms with Crippen LogP contribution in [0.4, 0.5) is 0 Å². The van der Waals surface area contributed by atoms with Crippen molar-refractivity contribution in [3.05, 3.63) is 72.4 Å². The van der Waals surface area contributed by atoms with Gasteiger partial charge in [-0.25, -0.2) is 9.59 Å². The van der Waals surface area contributed by atoms with Gasteiger partial charge >= 0.3 is 11.9 Å². The van der Waals surface area contributed by atoms with Gasteiger partial charge in [0.15, 0.2) is 6.10 Å². The summed E-state index contributed by atoms with van der Waals surface area (Å²) in [5.74, 6) is -1.91. The Balaban J connectivity index is 2.06. The molecule has 154 valence electrons. The molecule has 2 N–H and O–H groups in total. The number of carboxylic acid groups (broad SMARTS) is 1. The Hall–Kier alpha value is -3.19. The highest BCUT2D eigenvalue weighted by atomic mass is 16.6. The Bertz CT molecular complexity index is 808. The molecule has 0 saturated carbocycles. The van der Waals surface area contributed by atoms with Gasteiger partial charge < -0.3 is 19.9 Å². The van der Waals surface area contributed by atoms with E-state index in [-0.39, 0.29) is 5.91 Å². The molecule has 1 aromatic rings. The number of allylic oxidation sites excluding steroid dienone is 4. The van der Waals surface area contributed by atoms with Crippen LogP contribution in [0.15, 0.2) is 66.8 Å². The zero-order valence-electron chi connectivity index (χ0n) is 16.4. The predicted molar refractivity (Wildman–Crippen MR) is 107 cm³/mol. The number of hydrogen-bond acceptors (Lipinski definition) is 5. The maximum Gasteiger partial charge on any atom is 0.329 e. The molecule has 1 fully saturated rings. The number of carbonyl (C=O) groups is 3.